The van der Waals surface area contributed by atoms with E-state index in [0.29, 0.717) is 23.6 Å². The zero-order valence-electron chi connectivity index (χ0n) is 12.5. The number of benzene rings is 1. The zero-order chi connectivity index (χ0) is 18.0. The summed E-state index contributed by atoms with van der Waals surface area (Å²) in [6, 6.07) is 5.87. The lowest BCUT2D eigenvalue weighted by Gasteiger charge is -2.12. The summed E-state index contributed by atoms with van der Waals surface area (Å²) >= 11 is 0.668. The number of amides is 3. The predicted octanol–water partition coefficient (Wildman–Crippen LogP) is 3.23. The third kappa shape index (κ3) is 3.77. The minimum atomic E-state index is -0.958. The number of furan rings is 1. The van der Waals surface area contributed by atoms with Crippen LogP contribution in [0.3, 0.4) is 0 Å². The maximum Gasteiger partial charge on any atom is 0.294 e. The third-order valence-electron chi connectivity index (χ3n) is 3.20. The molecule has 0 atom stereocenters. The molecule has 1 aliphatic heterocycles. The maximum atomic E-state index is 13.5. The van der Waals surface area contributed by atoms with E-state index in [1.807, 2.05) is 0 Å². The molecule has 3 amide bonds. The standard InChI is InChI=1S/C16H10F2N2O4S/c17-9-3-4-12(11(18)6-9)19-14(21)8-20-15(22)13(25-16(20)23)7-10-2-1-5-24-10/h1-7H,8H2,(H,19,21)/b13-7+. The Morgan fingerprint density at radius 1 is 1.28 bits per heavy atom. The molecule has 1 N–H and O–H groups in total. The van der Waals surface area contributed by atoms with Crippen LogP contribution in [0.15, 0.2) is 45.9 Å². The number of rotatable bonds is 4. The Kier molecular flexibility index (Phi) is 4.66. The van der Waals surface area contributed by atoms with E-state index in [1.54, 1.807) is 12.1 Å². The molecule has 1 aromatic heterocycles. The smallest absolute Gasteiger partial charge is 0.294 e. The zero-order valence-corrected chi connectivity index (χ0v) is 13.3. The highest BCUT2D eigenvalue weighted by atomic mass is 32.2. The second-order valence-electron chi connectivity index (χ2n) is 4.96. The molecule has 1 aromatic carbocycles. The highest BCUT2D eigenvalue weighted by Gasteiger charge is 2.36. The van der Waals surface area contributed by atoms with Crippen LogP contribution in [0.25, 0.3) is 6.08 Å². The minimum absolute atomic E-state index is 0.112. The van der Waals surface area contributed by atoms with Gasteiger partial charge in [-0.2, -0.15) is 0 Å². The summed E-state index contributed by atoms with van der Waals surface area (Å²) in [6.07, 6.45) is 2.81. The number of nitrogens with one attached hydrogen (secondary N) is 1. The fraction of sp³-hybridized carbons (Fsp3) is 0.0625. The molecule has 0 unspecified atom stereocenters. The predicted molar refractivity (Wildman–Crippen MR) is 86.4 cm³/mol. The van der Waals surface area contributed by atoms with Crippen LogP contribution >= 0.6 is 11.8 Å². The van der Waals surface area contributed by atoms with Gasteiger partial charge in [-0.3, -0.25) is 19.3 Å². The molecule has 0 saturated carbocycles. The number of carbonyl (C=O) groups excluding carboxylic acids is 3. The van der Waals surface area contributed by atoms with Crippen molar-refractivity contribution in [3.05, 3.63) is 58.9 Å². The van der Waals surface area contributed by atoms with Crippen molar-refractivity contribution in [1.29, 1.82) is 0 Å². The Balaban J connectivity index is 1.69. The van der Waals surface area contributed by atoms with Crippen molar-refractivity contribution in [2.45, 2.75) is 0 Å². The summed E-state index contributed by atoms with van der Waals surface area (Å²) in [7, 11) is 0. The van der Waals surface area contributed by atoms with E-state index in [9.17, 15) is 23.2 Å². The van der Waals surface area contributed by atoms with Crippen molar-refractivity contribution in [2.75, 3.05) is 11.9 Å². The molecule has 2 aromatic rings. The first-order valence-electron chi connectivity index (χ1n) is 6.98. The molecule has 0 radical (unpaired) electrons. The fourth-order valence-electron chi connectivity index (χ4n) is 2.06. The summed E-state index contributed by atoms with van der Waals surface area (Å²) in [5.74, 6) is -2.79. The first-order chi connectivity index (χ1) is 11.9. The molecule has 0 spiro atoms. The highest BCUT2D eigenvalue weighted by molar-refractivity contribution is 8.18. The van der Waals surface area contributed by atoms with Crippen LogP contribution in [0.5, 0.6) is 0 Å². The summed E-state index contributed by atoms with van der Waals surface area (Å²) in [6.45, 7) is -0.586. The molecule has 1 saturated heterocycles. The van der Waals surface area contributed by atoms with Gasteiger partial charge in [0.1, 0.15) is 23.9 Å². The van der Waals surface area contributed by atoms with Crippen LogP contribution in [-0.2, 0) is 9.59 Å². The molecule has 3 rings (SSSR count). The summed E-state index contributed by atoms with van der Waals surface area (Å²) in [4.78, 5) is 36.9. The Morgan fingerprint density at radius 3 is 2.76 bits per heavy atom. The molecule has 2 heterocycles. The first kappa shape index (κ1) is 16.9. The van der Waals surface area contributed by atoms with Crippen molar-refractivity contribution in [1.82, 2.24) is 4.90 Å². The van der Waals surface area contributed by atoms with Crippen LogP contribution in [0, 0.1) is 11.6 Å². The lowest BCUT2D eigenvalue weighted by molar-refractivity contribution is -0.127. The Labute approximate surface area is 144 Å². The van der Waals surface area contributed by atoms with Crippen LogP contribution in [0.4, 0.5) is 19.3 Å². The van der Waals surface area contributed by atoms with E-state index in [1.165, 1.54) is 12.3 Å². The number of imide groups is 1. The van der Waals surface area contributed by atoms with Gasteiger partial charge >= 0.3 is 0 Å². The van der Waals surface area contributed by atoms with E-state index in [-0.39, 0.29) is 10.6 Å². The van der Waals surface area contributed by atoms with E-state index in [4.69, 9.17) is 4.42 Å². The van der Waals surface area contributed by atoms with Crippen molar-refractivity contribution in [2.24, 2.45) is 0 Å². The molecule has 0 aliphatic carbocycles. The highest BCUT2D eigenvalue weighted by Crippen LogP contribution is 2.32. The fourth-order valence-corrected chi connectivity index (χ4v) is 2.88. The SMILES string of the molecule is O=C(CN1C(=O)S/C(=C/c2ccco2)C1=O)Nc1ccc(F)cc1F. The number of halogens is 2. The molecule has 1 aliphatic rings. The normalized spacial score (nSPS) is 15.9. The first-order valence-corrected chi connectivity index (χ1v) is 7.79. The molecular weight excluding hydrogens is 354 g/mol. The van der Waals surface area contributed by atoms with Gasteiger partial charge in [0.15, 0.2) is 0 Å². The average Bonchev–Trinajstić information content (AvgIpc) is 3.15. The number of nitrogens with zero attached hydrogens (tertiary/aromatic N) is 1. The van der Waals surface area contributed by atoms with Gasteiger partial charge in [0.2, 0.25) is 5.91 Å². The number of hydrogen-bond donors (Lipinski definition) is 1. The number of hydrogen-bond acceptors (Lipinski definition) is 5. The van der Waals surface area contributed by atoms with Gasteiger partial charge < -0.3 is 9.73 Å². The van der Waals surface area contributed by atoms with Crippen LogP contribution in [0.1, 0.15) is 5.76 Å². The van der Waals surface area contributed by atoms with E-state index >= 15 is 0 Å². The molecule has 1 fully saturated rings. The summed E-state index contributed by atoms with van der Waals surface area (Å²) in [5, 5.41) is 1.56. The Bertz CT molecular complexity index is 880. The molecule has 6 nitrogen and oxygen atoms in total. The Hall–Kier alpha value is -2.94. The van der Waals surface area contributed by atoms with Gasteiger partial charge in [0.25, 0.3) is 11.1 Å². The number of carbonyl (C=O) groups is 3. The van der Waals surface area contributed by atoms with Crippen LogP contribution in [-0.4, -0.2) is 28.5 Å². The van der Waals surface area contributed by atoms with Gasteiger partial charge in [0, 0.05) is 12.1 Å². The van der Waals surface area contributed by atoms with Crippen molar-refractivity contribution in [3.8, 4) is 0 Å². The molecule has 128 valence electrons. The van der Waals surface area contributed by atoms with Gasteiger partial charge in [0.05, 0.1) is 16.9 Å². The average molecular weight is 364 g/mol. The van der Waals surface area contributed by atoms with E-state index < -0.39 is 35.2 Å². The molecule has 0 bridgehead atoms. The minimum Gasteiger partial charge on any atom is -0.465 e. The third-order valence-corrected chi connectivity index (χ3v) is 4.10. The Morgan fingerprint density at radius 2 is 2.08 bits per heavy atom. The number of thioether (sulfide) groups is 1. The lowest BCUT2D eigenvalue weighted by Crippen LogP contribution is -2.36. The molecule has 25 heavy (non-hydrogen) atoms. The van der Waals surface area contributed by atoms with Gasteiger partial charge in [-0.05, 0) is 36.0 Å². The van der Waals surface area contributed by atoms with Gasteiger partial charge in [-0.25, -0.2) is 8.78 Å². The topological polar surface area (TPSA) is 79.6 Å². The maximum absolute atomic E-state index is 13.5. The van der Waals surface area contributed by atoms with E-state index in [0.717, 1.165) is 17.0 Å². The van der Waals surface area contributed by atoms with Crippen molar-refractivity contribution in [3.63, 3.8) is 0 Å². The number of anilines is 1. The van der Waals surface area contributed by atoms with E-state index in [2.05, 4.69) is 5.32 Å². The quantitative estimate of drug-likeness (QED) is 0.843. The summed E-state index contributed by atoms with van der Waals surface area (Å²) < 4.78 is 31.4. The second kappa shape index (κ2) is 6.89. The largest absolute Gasteiger partial charge is 0.465 e. The molecule has 9 heteroatoms. The monoisotopic (exact) mass is 364 g/mol. The van der Waals surface area contributed by atoms with Gasteiger partial charge in [-0.15, -0.1) is 0 Å². The second-order valence-corrected chi connectivity index (χ2v) is 5.95. The molecular formula is C16H10F2N2O4S. The van der Waals surface area contributed by atoms with Crippen LogP contribution in [0.2, 0.25) is 0 Å². The van der Waals surface area contributed by atoms with Gasteiger partial charge in [-0.1, -0.05) is 0 Å². The van der Waals surface area contributed by atoms with Crippen molar-refractivity contribution >= 4 is 40.6 Å². The van der Waals surface area contributed by atoms with Crippen LogP contribution < -0.4 is 5.32 Å². The lowest BCUT2D eigenvalue weighted by atomic mass is 10.3. The van der Waals surface area contributed by atoms with Crippen molar-refractivity contribution < 1.29 is 27.6 Å². The summed E-state index contributed by atoms with van der Waals surface area (Å²) in [5.41, 5.74) is -0.246.